The summed E-state index contributed by atoms with van der Waals surface area (Å²) in [4.78, 5) is 25.2. The number of ether oxygens (including phenoxy) is 13. The molecular weight excluding hydrogens is 1010 g/mol. The SMILES string of the molecule is COCO[C@@H]1C[C@]2(C)[C@@H](C(=O)CO)CC[C@]2(OCOC)C2CC[C@]3(O)C[C@@H](C)C[C@H]4OC(C)(C)OC[C@]43C21.COCO[C@@H]1C[C@]2(C)[C@@H](C3=CC(=O)OC3)CC[C@]2(OCOC)C2CC[C@]3(O)C[C@@H](C)C[C@H]4OC(C)(C)OC[C@]43C21. The summed E-state index contributed by atoms with van der Waals surface area (Å²) >= 11 is 0. The molecule has 2 saturated heterocycles. The number of methoxy groups -OCH3 is 4. The zero-order chi connectivity index (χ0) is 56.1. The second kappa shape index (κ2) is 21.4. The van der Waals surface area contributed by atoms with Gasteiger partial charge in [-0.3, -0.25) is 4.79 Å². The fraction of sp³-hybridized carbons (Fsp3) is 0.933. The number of hydrogen-bond donors (Lipinski definition) is 3. The largest absolute Gasteiger partial charge is 0.458 e. The van der Waals surface area contributed by atoms with E-state index in [4.69, 9.17) is 61.6 Å². The van der Waals surface area contributed by atoms with E-state index >= 15 is 0 Å². The average Bonchev–Trinajstić information content (AvgIpc) is 4.15. The number of hydrogen-bond acceptors (Lipinski definition) is 18. The quantitative estimate of drug-likeness (QED) is 0.111. The third kappa shape index (κ3) is 8.94. The Morgan fingerprint density at radius 3 is 1.54 bits per heavy atom. The maximum absolute atomic E-state index is 13.1. The fourth-order valence-electron chi connectivity index (χ4n) is 20.5. The van der Waals surface area contributed by atoms with E-state index in [1.165, 1.54) is 0 Å². The van der Waals surface area contributed by atoms with Gasteiger partial charge in [-0.15, -0.1) is 0 Å². The summed E-state index contributed by atoms with van der Waals surface area (Å²) in [6.07, 6.45) is 11.0. The Bertz CT molecular complexity index is 2220. The number of aliphatic hydroxyl groups is 3. The van der Waals surface area contributed by atoms with Crippen LogP contribution in [0.4, 0.5) is 0 Å². The number of carbonyl (C=O) groups is 2. The van der Waals surface area contributed by atoms with Crippen molar-refractivity contribution >= 4 is 11.8 Å². The van der Waals surface area contributed by atoms with E-state index in [1.54, 1.807) is 34.5 Å². The van der Waals surface area contributed by atoms with Gasteiger partial charge in [-0.2, -0.15) is 0 Å². The van der Waals surface area contributed by atoms with Crippen LogP contribution < -0.4 is 0 Å². The van der Waals surface area contributed by atoms with Crippen LogP contribution in [0.1, 0.15) is 145 Å². The van der Waals surface area contributed by atoms with Crippen molar-refractivity contribution in [2.45, 2.75) is 204 Å². The lowest BCUT2D eigenvalue weighted by atomic mass is 9.39. The average molecular weight is 1110 g/mol. The van der Waals surface area contributed by atoms with E-state index < -0.39 is 56.8 Å². The molecule has 2 spiro atoms. The van der Waals surface area contributed by atoms with Crippen molar-refractivity contribution < 1.29 is 86.5 Å². The summed E-state index contributed by atoms with van der Waals surface area (Å²) in [6.45, 7) is 17.9. The molecule has 8 saturated carbocycles. The Kier molecular flexibility index (Phi) is 16.3. The Morgan fingerprint density at radius 2 is 1.09 bits per heavy atom. The summed E-state index contributed by atoms with van der Waals surface area (Å²) in [7, 11) is 6.54. The molecule has 0 radical (unpaired) electrons. The first kappa shape index (κ1) is 59.4. The fourth-order valence-corrected chi connectivity index (χ4v) is 20.5. The van der Waals surface area contributed by atoms with Gasteiger partial charge in [-0.1, -0.05) is 27.7 Å². The maximum Gasteiger partial charge on any atom is 0.331 e. The Morgan fingerprint density at radius 1 is 0.628 bits per heavy atom. The predicted octanol–water partition coefficient (Wildman–Crippen LogP) is 7.00. The van der Waals surface area contributed by atoms with Crippen LogP contribution in [0.15, 0.2) is 11.6 Å². The number of fused-ring (bicyclic) bond motifs is 6. The van der Waals surface area contributed by atoms with Crippen molar-refractivity contribution in [1.29, 1.82) is 0 Å². The summed E-state index contributed by atoms with van der Waals surface area (Å²) < 4.78 is 80.3. The normalized spacial score (nSPS) is 49.4. The Hall–Kier alpha value is -1.72. The molecule has 4 unspecified atom stereocenters. The molecule has 11 aliphatic rings. The summed E-state index contributed by atoms with van der Waals surface area (Å²) in [5.74, 6) is -1.66. The zero-order valence-corrected chi connectivity index (χ0v) is 49.0. The van der Waals surface area contributed by atoms with Crippen LogP contribution in [-0.4, -0.2) is 168 Å². The molecule has 8 aliphatic carbocycles. The lowest BCUT2D eigenvalue weighted by Gasteiger charge is -2.71. The lowest BCUT2D eigenvalue weighted by molar-refractivity contribution is -0.405. The third-order valence-electron chi connectivity index (χ3n) is 23.1. The van der Waals surface area contributed by atoms with Crippen LogP contribution in [0.2, 0.25) is 0 Å². The molecule has 20 atom stereocenters. The number of cyclic esters (lactones) is 1. The molecular formula is C60H96O18. The molecule has 3 N–H and O–H groups in total. The highest BCUT2D eigenvalue weighted by Gasteiger charge is 2.80. The number of carbonyl (C=O) groups excluding carboxylic acids is 2. The van der Waals surface area contributed by atoms with Gasteiger partial charge in [0.2, 0.25) is 0 Å². The van der Waals surface area contributed by atoms with Gasteiger partial charge in [0.25, 0.3) is 0 Å². The van der Waals surface area contributed by atoms with E-state index in [0.717, 1.165) is 50.5 Å². The molecule has 78 heavy (non-hydrogen) atoms. The third-order valence-corrected chi connectivity index (χ3v) is 23.1. The van der Waals surface area contributed by atoms with Gasteiger partial charge < -0.3 is 76.9 Å². The number of aliphatic hydroxyl groups excluding tert-OH is 1. The predicted molar refractivity (Wildman–Crippen MR) is 281 cm³/mol. The highest BCUT2D eigenvalue weighted by atomic mass is 16.7. The van der Waals surface area contributed by atoms with Gasteiger partial charge in [0.1, 0.15) is 40.4 Å². The molecule has 3 aliphatic heterocycles. The number of ketones is 1. The molecule has 444 valence electrons. The molecule has 18 heteroatoms. The number of esters is 1. The van der Waals surface area contributed by atoms with E-state index in [2.05, 4.69) is 27.7 Å². The standard InChI is InChI=1S/C31H48O9.C29H48O9/c1-19-11-24-30(16-38-27(2,3)40-24)26-22(7-9-29(30,33)13-19)31(39-18-35-6)10-8-21(20-12-25(32)36-15-20)28(31,4)14-23(26)37-17-34-5;1-18-11-23-28(15-36-25(2,3)38-23)24-20(7-9-27(28,32)12-18)29(37-17-34-6)10-8-19(21(31)14-30)26(29,4)13-22(24)35-16-33-5/h12,19,21-24,26,33H,7-11,13-18H2,1-6H3;18-20,22-24,30,32H,7-17H2,1-6H3/t19-,21+,22?,23+,24+,26?,28+,29-,30+,31-;18-,19+,20?,22+,23+,24?,26+,27-,28+,29-/m00/s1. The van der Waals surface area contributed by atoms with Gasteiger partial charge in [0.15, 0.2) is 17.4 Å². The summed E-state index contributed by atoms with van der Waals surface area (Å²) in [5.41, 5.74) is -4.35. The van der Waals surface area contributed by atoms with Crippen molar-refractivity contribution in [3.05, 3.63) is 11.6 Å². The van der Waals surface area contributed by atoms with E-state index in [-0.39, 0.29) is 104 Å². The van der Waals surface area contributed by atoms with Crippen LogP contribution >= 0.6 is 0 Å². The smallest absolute Gasteiger partial charge is 0.331 e. The van der Waals surface area contributed by atoms with Gasteiger partial charge in [0.05, 0.1) is 70.9 Å². The second-order valence-electron chi connectivity index (χ2n) is 27.6. The lowest BCUT2D eigenvalue weighted by Crippen LogP contribution is -2.78. The minimum atomic E-state index is -0.975. The van der Waals surface area contributed by atoms with E-state index in [9.17, 15) is 24.9 Å². The van der Waals surface area contributed by atoms with Crippen molar-refractivity contribution in [3.63, 3.8) is 0 Å². The van der Waals surface area contributed by atoms with Crippen LogP contribution in [0.25, 0.3) is 0 Å². The minimum absolute atomic E-state index is 0.0284. The molecule has 11 rings (SSSR count). The molecule has 10 fully saturated rings. The van der Waals surface area contributed by atoms with Gasteiger partial charge >= 0.3 is 5.97 Å². The molecule has 18 nitrogen and oxygen atoms in total. The molecule has 3 heterocycles. The van der Waals surface area contributed by atoms with Crippen molar-refractivity contribution in [2.75, 3.05) is 82.0 Å². The molecule has 0 aromatic heterocycles. The Labute approximate surface area is 463 Å². The van der Waals surface area contributed by atoms with Crippen molar-refractivity contribution in [1.82, 2.24) is 0 Å². The Balaban J connectivity index is 0.000000177. The van der Waals surface area contributed by atoms with Crippen molar-refractivity contribution in [3.8, 4) is 0 Å². The minimum Gasteiger partial charge on any atom is -0.458 e. The van der Waals surface area contributed by atoms with Gasteiger partial charge in [-0.05, 0) is 153 Å². The second-order valence-corrected chi connectivity index (χ2v) is 27.6. The first-order valence-corrected chi connectivity index (χ1v) is 29.4. The van der Waals surface area contributed by atoms with E-state index in [1.807, 2.05) is 27.7 Å². The molecule has 0 bridgehead atoms. The number of rotatable bonds is 15. The van der Waals surface area contributed by atoms with Crippen LogP contribution in [-0.2, 0) is 71.2 Å². The van der Waals surface area contributed by atoms with E-state index in [0.29, 0.717) is 76.6 Å². The molecule has 0 aromatic carbocycles. The highest BCUT2D eigenvalue weighted by Crippen LogP contribution is 2.75. The summed E-state index contributed by atoms with van der Waals surface area (Å²) in [5, 5.41) is 35.1. The van der Waals surface area contributed by atoms with Crippen LogP contribution in [0.3, 0.4) is 0 Å². The molecule has 0 aromatic rings. The first-order chi connectivity index (χ1) is 36.9. The molecule has 0 amide bonds. The van der Waals surface area contributed by atoms with Gasteiger partial charge in [0, 0.05) is 63.1 Å². The topological polar surface area (TPSA) is 215 Å². The monoisotopic (exact) mass is 1100 g/mol. The van der Waals surface area contributed by atoms with Crippen LogP contribution in [0, 0.1) is 69.0 Å². The van der Waals surface area contributed by atoms with Crippen molar-refractivity contribution in [2.24, 2.45) is 69.0 Å². The number of Topliss-reactive ketones (excluding diaryl/α,β-unsaturated/α-hetero) is 1. The van der Waals surface area contributed by atoms with Crippen LogP contribution in [0.5, 0.6) is 0 Å². The first-order valence-electron chi connectivity index (χ1n) is 29.4. The maximum atomic E-state index is 13.1. The summed E-state index contributed by atoms with van der Waals surface area (Å²) in [6, 6.07) is 0. The van der Waals surface area contributed by atoms with Gasteiger partial charge in [-0.25, -0.2) is 4.79 Å². The zero-order valence-electron chi connectivity index (χ0n) is 49.0. The highest BCUT2D eigenvalue weighted by molar-refractivity contribution is 5.85.